The summed E-state index contributed by atoms with van der Waals surface area (Å²) in [5.41, 5.74) is 5.30. The van der Waals surface area contributed by atoms with E-state index in [-0.39, 0.29) is 5.54 Å². The second-order valence-corrected chi connectivity index (χ2v) is 5.68. The molecule has 0 fully saturated rings. The molecule has 3 rings (SSSR count). The summed E-state index contributed by atoms with van der Waals surface area (Å²) < 4.78 is 0. The van der Waals surface area contributed by atoms with Crippen LogP contribution in [0.1, 0.15) is 0 Å². The maximum Gasteiger partial charge on any atom is 0.287 e. The van der Waals surface area contributed by atoms with E-state index in [0.29, 0.717) is 0 Å². The zero-order valence-electron chi connectivity index (χ0n) is 11.0. The number of halogens is 1. The Balaban J connectivity index is 1.87. The van der Waals surface area contributed by atoms with Crippen LogP contribution < -0.4 is 10.9 Å². The molecule has 2 heteroatoms. The van der Waals surface area contributed by atoms with Crippen molar-refractivity contribution in [3.05, 3.63) is 84.9 Å². The van der Waals surface area contributed by atoms with Crippen molar-refractivity contribution in [1.82, 2.24) is 0 Å². The van der Waals surface area contributed by atoms with Crippen LogP contribution in [0.25, 0.3) is 11.1 Å². The van der Waals surface area contributed by atoms with Crippen molar-refractivity contribution >= 4 is 32.2 Å². The summed E-state index contributed by atoms with van der Waals surface area (Å²) in [7, 11) is 0. The van der Waals surface area contributed by atoms with E-state index in [2.05, 4.69) is 88.6 Å². The minimum Gasteiger partial charge on any atom is -0.143 e. The molecule has 0 aromatic heterocycles. The lowest BCUT2D eigenvalue weighted by atomic mass is 9.63. The van der Waals surface area contributed by atoms with Crippen molar-refractivity contribution in [2.75, 3.05) is 0 Å². The van der Waals surface area contributed by atoms with Crippen LogP contribution in [0.2, 0.25) is 0 Å². The standard InChI is InChI=1S/C18H14BBr/c20-19(17-9-5-2-6-10-17)18-13-11-16(12-14-18)15-7-3-1-4-8-15/h1-14H. The first-order valence-corrected chi connectivity index (χ1v) is 7.60. The van der Waals surface area contributed by atoms with Crippen LogP contribution in [0.5, 0.6) is 0 Å². The molecule has 0 bridgehead atoms. The van der Waals surface area contributed by atoms with E-state index in [1.165, 1.54) is 22.1 Å². The van der Waals surface area contributed by atoms with E-state index in [9.17, 15) is 0 Å². The highest BCUT2D eigenvalue weighted by molar-refractivity contribution is 9.25. The fraction of sp³-hybridized carbons (Fsp3) is 0. The van der Waals surface area contributed by atoms with Crippen LogP contribution >= 0.6 is 15.8 Å². The molecule has 0 aliphatic heterocycles. The molecular formula is C18H14BBr. The molecule has 0 spiro atoms. The molecule has 3 aromatic carbocycles. The largest absolute Gasteiger partial charge is 0.287 e. The van der Waals surface area contributed by atoms with E-state index in [1.807, 2.05) is 12.1 Å². The number of benzene rings is 3. The van der Waals surface area contributed by atoms with Crippen LogP contribution in [-0.4, -0.2) is 5.54 Å². The molecule has 0 amide bonds. The first-order valence-electron chi connectivity index (χ1n) is 6.69. The van der Waals surface area contributed by atoms with Gasteiger partial charge in [-0.1, -0.05) is 95.9 Å². The highest BCUT2D eigenvalue weighted by Gasteiger charge is 2.14. The quantitative estimate of drug-likeness (QED) is 0.643. The Morgan fingerprint density at radius 1 is 0.500 bits per heavy atom. The van der Waals surface area contributed by atoms with Gasteiger partial charge in [-0.2, -0.15) is 0 Å². The van der Waals surface area contributed by atoms with Crippen molar-refractivity contribution < 1.29 is 0 Å². The summed E-state index contributed by atoms with van der Waals surface area (Å²) in [5.74, 6) is 0. The lowest BCUT2D eigenvalue weighted by Gasteiger charge is -2.08. The topological polar surface area (TPSA) is 0 Å². The summed E-state index contributed by atoms with van der Waals surface area (Å²) in [4.78, 5) is 0. The summed E-state index contributed by atoms with van der Waals surface area (Å²) >= 11 is 3.77. The Bertz CT molecular complexity index is 663. The third kappa shape index (κ3) is 2.86. The Labute approximate surface area is 128 Å². The summed E-state index contributed by atoms with van der Waals surface area (Å²) in [6.45, 7) is 0. The smallest absolute Gasteiger partial charge is 0.143 e. The van der Waals surface area contributed by atoms with Gasteiger partial charge in [0.05, 0.1) is 0 Å². The summed E-state index contributed by atoms with van der Waals surface area (Å²) in [5, 5.41) is 0. The maximum atomic E-state index is 3.77. The molecule has 0 nitrogen and oxygen atoms in total. The monoisotopic (exact) mass is 320 g/mol. The molecule has 0 aliphatic carbocycles. The molecule has 0 unspecified atom stereocenters. The predicted molar refractivity (Wildman–Crippen MR) is 92.3 cm³/mol. The molecule has 0 atom stereocenters. The van der Waals surface area contributed by atoms with Gasteiger partial charge in [-0.15, -0.1) is 15.8 Å². The second kappa shape index (κ2) is 6.10. The van der Waals surface area contributed by atoms with Gasteiger partial charge in [0.1, 0.15) is 0 Å². The molecule has 0 aliphatic rings. The number of hydrogen-bond donors (Lipinski definition) is 0. The number of hydrogen-bond acceptors (Lipinski definition) is 0. The predicted octanol–water partition coefficient (Wildman–Crippen LogP) is 3.85. The average molecular weight is 321 g/mol. The van der Waals surface area contributed by atoms with Crippen LogP contribution in [-0.2, 0) is 0 Å². The third-order valence-electron chi connectivity index (χ3n) is 3.40. The van der Waals surface area contributed by atoms with E-state index in [0.717, 1.165) is 0 Å². The van der Waals surface area contributed by atoms with Crippen LogP contribution in [0, 0.1) is 0 Å². The molecule has 96 valence electrons. The van der Waals surface area contributed by atoms with Gasteiger partial charge in [-0.25, -0.2) is 0 Å². The minimum absolute atomic E-state index is 0.244. The van der Waals surface area contributed by atoms with Gasteiger partial charge in [-0.05, 0) is 11.1 Å². The number of rotatable bonds is 3. The molecule has 0 heterocycles. The van der Waals surface area contributed by atoms with E-state index in [1.54, 1.807) is 0 Å². The van der Waals surface area contributed by atoms with E-state index >= 15 is 0 Å². The van der Waals surface area contributed by atoms with E-state index in [4.69, 9.17) is 0 Å². The van der Waals surface area contributed by atoms with Gasteiger partial charge >= 0.3 is 0 Å². The Hall–Kier alpha value is -1.80. The lowest BCUT2D eigenvalue weighted by Crippen LogP contribution is -2.36. The van der Waals surface area contributed by atoms with E-state index < -0.39 is 0 Å². The van der Waals surface area contributed by atoms with Crippen LogP contribution in [0.3, 0.4) is 0 Å². The zero-order chi connectivity index (χ0) is 13.8. The Morgan fingerprint density at radius 3 is 1.55 bits per heavy atom. The molecular weight excluding hydrogens is 307 g/mol. The fourth-order valence-electron chi connectivity index (χ4n) is 2.29. The molecule has 0 saturated carbocycles. The first kappa shape index (κ1) is 13.2. The highest BCUT2D eigenvalue weighted by atomic mass is 79.9. The van der Waals surface area contributed by atoms with Gasteiger partial charge in [0.25, 0.3) is 5.54 Å². The molecule has 0 saturated heterocycles. The minimum atomic E-state index is 0.244. The highest BCUT2D eigenvalue weighted by Crippen LogP contribution is 2.17. The van der Waals surface area contributed by atoms with Gasteiger partial charge in [-0.3, -0.25) is 0 Å². The first-order chi connectivity index (χ1) is 9.84. The van der Waals surface area contributed by atoms with Gasteiger partial charge in [0.2, 0.25) is 0 Å². The summed E-state index contributed by atoms with van der Waals surface area (Å²) in [6, 6.07) is 29.7. The Morgan fingerprint density at radius 2 is 0.950 bits per heavy atom. The SMILES string of the molecule is BrB(c1ccccc1)c1ccc(-c2ccccc2)cc1. The van der Waals surface area contributed by atoms with Crippen LogP contribution in [0.4, 0.5) is 0 Å². The molecule has 3 aromatic rings. The Kier molecular flexibility index (Phi) is 4.03. The zero-order valence-corrected chi connectivity index (χ0v) is 12.6. The lowest BCUT2D eigenvalue weighted by molar-refractivity contribution is 1.63. The van der Waals surface area contributed by atoms with Gasteiger partial charge < -0.3 is 0 Å². The maximum absolute atomic E-state index is 3.77. The summed E-state index contributed by atoms with van der Waals surface area (Å²) in [6.07, 6.45) is 0. The second-order valence-electron chi connectivity index (χ2n) is 4.76. The molecule has 0 radical (unpaired) electrons. The normalized spacial score (nSPS) is 10.2. The van der Waals surface area contributed by atoms with Crippen molar-refractivity contribution in [1.29, 1.82) is 0 Å². The van der Waals surface area contributed by atoms with Crippen LogP contribution in [0.15, 0.2) is 84.9 Å². The third-order valence-corrected chi connectivity index (χ3v) is 4.46. The van der Waals surface area contributed by atoms with Crippen molar-refractivity contribution in [2.24, 2.45) is 0 Å². The van der Waals surface area contributed by atoms with Gasteiger partial charge in [0.15, 0.2) is 0 Å². The van der Waals surface area contributed by atoms with Crippen molar-refractivity contribution in [3.63, 3.8) is 0 Å². The molecule has 0 N–H and O–H groups in total. The van der Waals surface area contributed by atoms with Gasteiger partial charge in [0, 0.05) is 0 Å². The van der Waals surface area contributed by atoms with Crippen molar-refractivity contribution in [3.8, 4) is 11.1 Å². The molecule has 20 heavy (non-hydrogen) atoms. The van der Waals surface area contributed by atoms with Crippen molar-refractivity contribution in [2.45, 2.75) is 0 Å². The average Bonchev–Trinajstić information content (AvgIpc) is 2.56. The fourth-order valence-corrected chi connectivity index (χ4v) is 2.90.